The summed E-state index contributed by atoms with van der Waals surface area (Å²) in [5.74, 6) is 0. The van der Waals surface area contributed by atoms with Crippen molar-refractivity contribution in [2.24, 2.45) is 5.73 Å². The molecule has 0 radical (unpaired) electrons. The molecule has 118 valence electrons. The van der Waals surface area contributed by atoms with E-state index in [-0.39, 0.29) is 6.04 Å². The van der Waals surface area contributed by atoms with Gasteiger partial charge in [-0.1, -0.05) is 19.3 Å². The molecule has 1 saturated carbocycles. The normalized spacial score (nSPS) is 26.1. The molecule has 2 fully saturated rings. The number of piperidine rings is 1. The highest BCUT2D eigenvalue weighted by Crippen LogP contribution is 2.21. The Labute approximate surface area is 122 Å². The maximum absolute atomic E-state index is 12.3. The van der Waals surface area contributed by atoms with Crippen molar-refractivity contribution in [2.75, 3.05) is 26.2 Å². The van der Waals surface area contributed by atoms with Gasteiger partial charge in [-0.15, -0.1) is 0 Å². The molecule has 1 aliphatic carbocycles. The number of nitrogens with zero attached hydrogens (tertiary/aromatic N) is 1. The van der Waals surface area contributed by atoms with E-state index in [1.54, 1.807) is 0 Å². The summed E-state index contributed by atoms with van der Waals surface area (Å²) in [6, 6.07) is -0.0583. The van der Waals surface area contributed by atoms with E-state index in [0.29, 0.717) is 32.3 Å². The summed E-state index contributed by atoms with van der Waals surface area (Å²) in [6.45, 7) is 1.75. The minimum absolute atomic E-state index is 0.0583. The van der Waals surface area contributed by atoms with Crippen LogP contribution in [0.1, 0.15) is 44.9 Å². The average Bonchev–Trinajstić information content (AvgIpc) is 2.97. The van der Waals surface area contributed by atoms with Gasteiger partial charge in [0.25, 0.3) is 10.2 Å². The first kappa shape index (κ1) is 16.2. The highest BCUT2D eigenvalue weighted by molar-refractivity contribution is 7.87. The van der Waals surface area contributed by atoms with Gasteiger partial charge in [0, 0.05) is 25.7 Å². The molecular formula is C13H27N3O3S. The Kier molecular flexibility index (Phi) is 6.22. The van der Waals surface area contributed by atoms with Gasteiger partial charge in [-0.2, -0.15) is 17.4 Å². The van der Waals surface area contributed by atoms with E-state index in [2.05, 4.69) is 4.72 Å². The molecule has 20 heavy (non-hydrogen) atoms. The van der Waals surface area contributed by atoms with Crippen LogP contribution in [-0.4, -0.2) is 51.1 Å². The Morgan fingerprint density at radius 1 is 1.15 bits per heavy atom. The van der Waals surface area contributed by atoms with E-state index in [0.717, 1.165) is 32.1 Å². The predicted octanol–water partition coefficient (Wildman–Crippen LogP) is 0.593. The summed E-state index contributed by atoms with van der Waals surface area (Å²) in [6.07, 6.45) is 7.81. The third-order valence-corrected chi connectivity index (χ3v) is 5.86. The van der Waals surface area contributed by atoms with E-state index in [4.69, 9.17) is 10.5 Å². The van der Waals surface area contributed by atoms with Gasteiger partial charge in [-0.25, -0.2) is 0 Å². The zero-order chi connectivity index (χ0) is 14.4. The molecule has 1 atom stereocenters. The van der Waals surface area contributed by atoms with Crippen LogP contribution in [0, 0.1) is 0 Å². The van der Waals surface area contributed by atoms with Gasteiger partial charge in [0.2, 0.25) is 0 Å². The van der Waals surface area contributed by atoms with E-state index < -0.39 is 10.2 Å². The summed E-state index contributed by atoms with van der Waals surface area (Å²) in [5.41, 5.74) is 5.67. The molecule has 1 unspecified atom stereocenters. The van der Waals surface area contributed by atoms with Gasteiger partial charge in [0.05, 0.1) is 12.7 Å². The summed E-state index contributed by atoms with van der Waals surface area (Å²) in [5, 5.41) is 0. The standard InChI is InChI=1S/C13H27N3O3S/c14-11-12-5-3-4-9-16(12)20(17,18)15-8-10-19-13-6-1-2-7-13/h12-13,15H,1-11,14H2. The van der Waals surface area contributed by atoms with Crippen LogP contribution in [0.4, 0.5) is 0 Å². The van der Waals surface area contributed by atoms with E-state index in [9.17, 15) is 8.42 Å². The molecule has 0 amide bonds. The molecule has 1 heterocycles. The van der Waals surface area contributed by atoms with Crippen LogP contribution in [0.15, 0.2) is 0 Å². The summed E-state index contributed by atoms with van der Waals surface area (Å²) in [4.78, 5) is 0. The van der Waals surface area contributed by atoms with Gasteiger partial charge >= 0.3 is 0 Å². The molecule has 6 nitrogen and oxygen atoms in total. The number of nitrogens with one attached hydrogen (secondary N) is 1. The van der Waals surface area contributed by atoms with Crippen LogP contribution in [0.2, 0.25) is 0 Å². The quantitative estimate of drug-likeness (QED) is 0.674. The van der Waals surface area contributed by atoms with Crippen molar-refractivity contribution in [2.45, 2.75) is 57.1 Å². The number of hydrogen-bond acceptors (Lipinski definition) is 4. The lowest BCUT2D eigenvalue weighted by molar-refractivity contribution is 0.0623. The van der Waals surface area contributed by atoms with E-state index in [1.807, 2.05) is 0 Å². The number of ether oxygens (including phenoxy) is 1. The van der Waals surface area contributed by atoms with Crippen molar-refractivity contribution in [3.8, 4) is 0 Å². The molecule has 1 aliphatic heterocycles. The van der Waals surface area contributed by atoms with Crippen LogP contribution in [0.5, 0.6) is 0 Å². The van der Waals surface area contributed by atoms with Crippen molar-refractivity contribution in [3.05, 3.63) is 0 Å². The molecule has 2 aliphatic rings. The number of nitrogens with two attached hydrogens (primary N) is 1. The maximum atomic E-state index is 12.3. The molecule has 0 bridgehead atoms. The van der Waals surface area contributed by atoms with Gasteiger partial charge in [-0.3, -0.25) is 0 Å². The Balaban J connectivity index is 1.74. The van der Waals surface area contributed by atoms with Crippen LogP contribution in [0.25, 0.3) is 0 Å². The summed E-state index contributed by atoms with van der Waals surface area (Å²) >= 11 is 0. The summed E-state index contributed by atoms with van der Waals surface area (Å²) in [7, 11) is -3.42. The smallest absolute Gasteiger partial charge is 0.279 e. The first-order valence-electron chi connectivity index (χ1n) is 7.71. The van der Waals surface area contributed by atoms with Crippen molar-refractivity contribution in [3.63, 3.8) is 0 Å². The monoisotopic (exact) mass is 305 g/mol. The molecule has 0 aromatic rings. The third kappa shape index (κ3) is 4.39. The van der Waals surface area contributed by atoms with Gasteiger partial charge in [-0.05, 0) is 25.7 Å². The van der Waals surface area contributed by atoms with Gasteiger partial charge in [0.15, 0.2) is 0 Å². The molecule has 0 spiro atoms. The molecule has 3 N–H and O–H groups in total. The summed E-state index contributed by atoms with van der Waals surface area (Å²) < 4.78 is 34.3. The average molecular weight is 305 g/mol. The van der Waals surface area contributed by atoms with Crippen LogP contribution >= 0.6 is 0 Å². The minimum Gasteiger partial charge on any atom is -0.377 e. The van der Waals surface area contributed by atoms with E-state index >= 15 is 0 Å². The third-order valence-electron chi connectivity index (χ3n) is 4.20. The second-order valence-corrected chi connectivity index (χ2v) is 7.38. The van der Waals surface area contributed by atoms with Gasteiger partial charge in [0.1, 0.15) is 0 Å². The largest absolute Gasteiger partial charge is 0.377 e. The molecule has 2 rings (SSSR count). The van der Waals surface area contributed by atoms with E-state index in [1.165, 1.54) is 17.1 Å². The lowest BCUT2D eigenvalue weighted by Gasteiger charge is -2.33. The number of rotatable bonds is 7. The highest BCUT2D eigenvalue weighted by Gasteiger charge is 2.31. The topological polar surface area (TPSA) is 84.7 Å². The zero-order valence-electron chi connectivity index (χ0n) is 12.1. The second kappa shape index (κ2) is 7.70. The predicted molar refractivity (Wildman–Crippen MR) is 78.5 cm³/mol. The lowest BCUT2D eigenvalue weighted by Crippen LogP contribution is -2.52. The fourth-order valence-corrected chi connectivity index (χ4v) is 4.52. The Hall–Kier alpha value is -0.210. The lowest BCUT2D eigenvalue weighted by atomic mass is 10.1. The molecule has 0 aromatic carbocycles. The minimum atomic E-state index is -3.42. The molecular weight excluding hydrogens is 278 g/mol. The first-order chi connectivity index (χ1) is 9.63. The SMILES string of the molecule is NCC1CCCCN1S(=O)(=O)NCCOC1CCCC1. The fraction of sp³-hybridized carbons (Fsp3) is 1.00. The van der Waals surface area contributed by atoms with Gasteiger partial charge < -0.3 is 10.5 Å². The number of hydrogen-bond donors (Lipinski definition) is 2. The first-order valence-corrected chi connectivity index (χ1v) is 9.15. The zero-order valence-corrected chi connectivity index (χ0v) is 12.9. The van der Waals surface area contributed by atoms with Crippen LogP contribution in [0.3, 0.4) is 0 Å². The fourth-order valence-electron chi connectivity index (χ4n) is 3.06. The molecule has 1 saturated heterocycles. The van der Waals surface area contributed by atoms with Crippen molar-refractivity contribution in [1.82, 2.24) is 9.03 Å². The Morgan fingerprint density at radius 3 is 2.55 bits per heavy atom. The Bertz CT molecular complexity index is 382. The molecule has 0 aromatic heterocycles. The van der Waals surface area contributed by atoms with Crippen LogP contribution < -0.4 is 10.5 Å². The van der Waals surface area contributed by atoms with Crippen molar-refractivity contribution >= 4 is 10.2 Å². The molecule has 7 heteroatoms. The highest BCUT2D eigenvalue weighted by atomic mass is 32.2. The van der Waals surface area contributed by atoms with Crippen molar-refractivity contribution < 1.29 is 13.2 Å². The maximum Gasteiger partial charge on any atom is 0.279 e. The van der Waals surface area contributed by atoms with Crippen molar-refractivity contribution in [1.29, 1.82) is 0 Å². The second-order valence-electron chi connectivity index (χ2n) is 5.67. The Morgan fingerprint density at radius 2 is 1.85 bits per heavy atom. The van der Waals surface area contributed by atoms with Crippen LogP contribution in [-0.2, 0) is 14.9 Å².